The van der Waals surface area contributed by atoms with Crippen LogP contribution in [0.5, 0.6) is 11.6 Å². The molecule has 11 nitrogen and oxygen atoms in total. The van der Waals surface area contributed by atoms with E-state index in [1.165, 1.54) is 13.3 Å². The third kappa shape index (κ3) is 4.21. The Balaban J connectivity index is 1.39. The van der Waals surface area contributed by atoms with Crippen molar-refractivity contribution in [2.75, 3.05) is 10.6 Å². The molecule has 1 amide bonds. The average Bonchev–Trinajstić information content (AvgIpc) is 3.29. The number of ether oxygens (including phenoxy) is 1. The predicted molar refractivity (Wildman–Crippen MR) is 124 cm³/mol. The molecule has 0 spiro atoms. The zero-order valence-corrected chi connectivity index (χ0v) is 18.2. The lowest BCUT2D eigenvalue weighted by molar-refractivity contribution is -0.133. The molecule has 5 aromatic rings. The number of benzene rings is 2. The highest BCUT2D eigenvalue weighted by Crippen LogP contribution is 2.30. The van der Waals surface area contributed by atoms with Crippen LogP contribution in [0.4, 0.5) is 17.2 Å². The summed E-state index contributed by atoms with van der Waals surface area (Å²) >= 11 is 0. The molecule has 34 heavy (non-hydrogen) atoms. The van der Waals surface area contributed by atoms with Crippen molar-refractivity contribution in [2.24, 2.45) is 0 Å². The molecule has 168 valence electrons. The highest BCUT2D eigenvalue weighted by molar-refractivity contribution is 6.39. The van der Waals surface area contributed by atoms with Crippen LogP contribution in [-0.4, -0.2) is 41.2 Å². The first-order chi connectivity index (χ1) is 16.5. The van der Waals surface area contributed by atoms with Crippen LogP contribution in [0, 0.1) is 6.92 Å². The van der Waals surface area contributed by atoms with E-state index in [1.807, 2.05) is 25.1 Å². The van der Waals surface area contributed by atoms with Gasteiger partial charge in [0, 0.05) is 29.8 Å². The van der Waals surface area contributed by atoms with Crippen LogP contribution in [0.25, 0.3) is 16.6 Å². The van der Waals surface area contributed by atoms with E-state index in [-0.39, 0.29) is 0 Å². The van der Waals surface area contributed by atoms with Gasteiger partial charge in [-0.05, 0) is 48.9 Å². The summed E-state index contributed by atoms with van der Waals surface area (Å²) in [5, 5.41) is 14.4. The van der Waals surface area contributed by atoms with Gasteiger partial charge in [-0.25, -0.2) is 15.0 Å². The minimum atomic E-state index is -0.686. The van der Waals surface area contributed by atoms with E-state index in [2.05, 4.69) is 35.8 Å². The maximum Gasteiger partial charge on any atom is 0.291 e. The van der Waals surface area contributed by atoms with Gasteiger partial charge in [0.2, 0.25) is 11.7 Å². The molecule has 0 bridgehead atoms. The first kappa shape index (κ1) is 20.9. The first-order valence-corrected chi connectivity index (χ1v) is 10.2. The number of nitrogens with one attached hydrogen (secondary N) is 2. The van der Waals surface area contributed by atoms with Crippen molar-refractivity contribution in [1.29, 1.82) is 0 Å². The zero-order chi connectivity index (χ0) is 23.7. The number of rotatable bonds is 6. The van der Waals surface area contributed by atoms with Crippen molar-refractivity contribution < 1.29 is 14.3 Å². The van der Waals surface area contributed by atoms with Crippen LogP contribution < -0.4 is 15.4 Å². The van der Waals surface area contributed by atoms with E-state index in [4.69, 9.17) is 4.74 Å². The van der Waals surface area contributed by atoms with Crippen molar-refractivity contribution in [1.82, 2.24) is 29.5 Å². The van der Waals surface area contributed by atoms with Crippen LogP contribution >= 0.6 is 0 Å². The summed E-state index contributed by atoms with van der Waals surface area (Å²) in [5.74, 6) is 0.345. The molecule has 0 saturated heterocycles. The Labute approximate surface area is 192 Å². The molecule has 2 N–H and O–H groups in total. The molecule has 0 radical (unpaired) electrons. The molecular weight excluding hydrogens is 436 g/mol. The largest absolute Gasteiger partial charge is 0.439 e. The van der Waals surface area contributed by atoms with Crippen molar-refractivity contribution >= 4 is 45.4 Å². The summed E-state index contributed by atoms with van der Waals surface area (Å²) in [5.41, 5.74) is 3.45. The fourth-order valence-corrected chi connectivity index (χ4v) is 3.31. The van der Waals surface area contributed by atoms with E-state index >= 15 is 0 Å². The van der Waals surface area contributed by atoms with E-state index in [9.17, 15) is 9.59 Å². The Bertz CT molecular complexity index is 1560. The van der Waals surface area contributed by atoms with Gasteiger partial charge in [0.1, 0.15) is 30.5 Å². The number of aryl methyl sites for hydroxylation is 1. The zero-order valence-electron chi connectivity index (χ0n) is 18.2. The highest BCUT2D eigenvalue weighted by Gasteiger charge is 2.11. The van der Waals surface area contributed by atoms with Gasteiger partial charge in [0.25, 0.3) is 5.91 Å². The number of ketones is 1. The number of aromatic nitrogens is 6. The second kappa shape index (κ2) is 8.54. The molecule has 5 rings (SSSR count). The summed E-state index contributed by atoms with van der Waals surface area (Å²) in [6, 6.07) is 12.5. The number of carbonyl (C=O) groups excluding carboxylic acids is 2. The average molecular weight is 454 g/mol. The van der Waals surface area contributed by atoms with Crippen molar-refractivity contribution in [2.45, 2.75) is 13.8 Å². The molecule has 0 aliphatic carbocycles. The van der Waals surface area contributed by atoms with E-state index in [0.717, 1.165) is 11.3 Å². The maximum atomic E-state index is 11.7. The first-order valence-electron chi connectivity index (χ1n) is 10.2. The molecule has 3 heterocycles. The molecule has 2 aromatic carbocycles. The lowest BCUT2D eigenvalue weighted by atomic mass is 10.1. The van der Waals surface area contributed by atoms with Gasteiger partial charge in [-0.2, -0.15) is 0 Å². The molecule has 11 heteroatoms. The lowest BCUT2D eigenvalue weighted by Gasteiger charge is -2.12. The minimum Gasteiger partial charge on any atom is -0.439 e. The van der Waals surface area contributed by atoms with Gasteiger partial charge in [0.05, 0.1) is 5.52 Å². The second-order valence-corrected chi connectivity index (χ2v) is 7.50. The minimum absolute atomic E-state index is 0.409. The molecule has 0 fully saturated rings. The van der Waals surface area contributed by atoms with Crippen molar-refractivity contribution in [3.05, 3.63) is 67.0 Å². The number of amides is 1. The maximum absolute atomic E-state index is 11.7. The van der Waals surface area contributed by atoms with Crippen LogP contribution in [0.1, 0.15) is 12.5 Å². The van der Waals surface area contributed by atoms with Gasteiger partial charge in [-0.15, -0.1) is 10.2 Å². The fourth-order valence-electron chi connectivity index (χ4n) is 3.31. The van der Waals surface area contributed by atoms with Crippen molar-refractivity contribution in [3.8, 4) is 11.6 Å². The summed E-state index contributed by atoms with van der Waals surface area (Å²) in [4.78, 5) is 35.9. The van der Waals surface area contributed by atoms with E-state index < -0.39 is 11.7 Å². The number of fused-ring (bicyclic) bond motifs is 2. The van der Waals surface area contributed by atoms with E-state index in [1.54, 1.807) is 41.3 Å². The van der Waals surface area contributed by atoms with Crippen LogP contribution in [0.3, 0.4) is 0 Å². The Morgan fingerprint density at radius 2 is 1.82 bits per heavy atom. The number of hydrogen-bond donors (Lipinski definition) is 2. The molecule has 0 atom stereocenters. The highest BCUT2D eigenvalue weighted by atomic mass is 16.5. The molecule has 0 saturated carbocycles. The number of carbonyl (C=O) groups is 2. The number of Topliss-reactive ketones (excluding diaryl/α,β-unsaturated/α-hetero) is 1. The summed E-state index contributed by atoms with van der Waals surface area (Å²) in [6.07, 6.45) is 4.60. The van der Waals surface area contributed by atoms with Crippen LogP contribution in [-0.2, 0) is 9.59 Å². The summed E-state index contributed by atoms with van der Waals surface area (Å²) in [6.45, 7) is 3.13. The van der Waals surface area contributed by atoms with E-state index in [0.29, 0.717) is 39.7 Å². The summed E-state index contributed by atoms with van der Waals surface area (Å²) < 4.78 is 7.61. The number of anilines is 3. The topological polar surface area (TPSA) is 136 Å². The van der Waals surface area contributed by atoms with Gasteiger partial charge in [-0.1, -0.05) is 0 Å². The van der Waals surface area contributed by atoms with Crippen LogP contribution in [0.15, 0.2) is 61.4 Å². The Hall–Kier alpha value is -4.93. The molecule has 0 unspecified atom stereocenters. The monoisotopic (exact) mass is 454 g/mol. The van der Waals surface area contributed by atoms with Gasteiger partial charge < -0.3 is 15.4 Å². The predicted octanol–water partition coefficient (Wildman–Crippen LogP) is 3.44. The Morgan fingerprint density at radius 3 is 2.65 bits per heavy atom. The Morgan fingerprint density at radius 1 is 0.971 bits per heavy atom. The number of hydrogen-bond acceptors (Lipinski definition) is 9. The SMILES string of the molecule is CC(=O)C(=O)Nc1ccc2ncnc(Nc3ccc(Oc4cc5nncn5cn4)c(C)c3)c2c1. The molecular formula is C23H18N8O3. The third-order valence-corrected chi connectivity index (χ3v) is 5.03. The second-order valence-electron chi connectivity index (χ2n) is 7.50. The normalized spacial score (nSPS) is 10.9. The molecule has 0 aliphatic heterocycles. The molecule has 0 aliphatic rings. The smallest absolute Gasteiger partial charge is 0.291 e. The van der Waals surface area contributed by atoms with Gasteiger partial charge in [-0.3, -0.25) is 14.0 Å². The lowest BCUT2D eigenvalue weighted by Crippen LogP contribution is -2.19. The standard InChI is InChI=1S/C23H18N8O3/c1-13-7-15(4-6-19(13)34-21-9-20-30-27-12-31(20)11-26-21)28-22-17-8-16(29-23(33)14(2)32)3-5-18(17)24-10-25-22/h3-12H,1-2H3,(H,29,33)(H,24,25,28). The van der Waals surface area contributed by atoms with Crippen molar-refractivity contribution in [3.63, 3.8) is 0 Å². The summed E-state index contributed by atoms with van der Waals surface area (Å²) in [7, 11) is 0. The Kier molecular flexibility index (Phi) is 5.26. The molecule has 3 aromatic heterocycles. The fraction of sp³-hybridized carbons (Fsp3) is 0.0870. The van der Waals surface area contributed by atoms with Gasteiger partial charge >= 0.3 is 0 Å². The van der Waals surface area contributed by atoms with Crippen LogP contribution in [0.2, 0.25) is 0 Å². The van der Waals surface area contributed by atoms with Gasteiger partial charge in [0.15, 0.2) is 5.65 Å². The quantitative estimate of drug-likeness (QED) is 0.370. The third-order valence-electron chi connectivity index (χ3n) is 5.03. The number of nitrogens with zero attached hydrogens (tertiary/aromatic N) is 6.